The molecule has 1 heterocycles. The lowest BCUT2D eigenvalue weighted by molar-refractivity contribution is -0.125. The molecule has 26 heavy (non-hydrogen) atoms. The normalized spacial score (nSPS) is 18.1. The molecule has 5 nitrogen and oxygen atoms in total. The summed E-state index contributed by atoms with van der Waals surface area (Å²) in [6, 6.07) is 4.55. The summed E-state index contributed by atoms with van der Waals surface area (Å²) in [6.07, 6.45) is 1.99. The topological polar surface area (TPSA) is 58.6 Å². The summed E-state index contributed by atoms with van der Waals surface area (Å²) in [5.74, 6) is 1.81. The van der Waals surface area contributed by atoms with E-state index in [-0.39, 0.29) is 17.9 Å². The predicted octanol–water partition coefficient (Wildman–Crippen LogP) is 3.80. The first-order chi connectivity index (χ1) is 12.3. The molecule has 1 aliphatic heterocycles. The smallest absolute Gasteiger partial charge is 0.259 e. The van der Waals surface area contributed by atoms with E-state index < -0.39 is 6.04 Å². The SMILES string of the molecule is COc1cc(Cl)ccc1C(=O)N1CSCC1C(=O)NC(C)CCC(C)C. The number of amides is 2. The number of hydrogen-bond donors (Lipinski definition) is 1. The highest BCUT2D eigenvalue weighted by molar-refractivity contribution is 7.99. The zero-order valence-corrected chi connectivity index (χ0v) is 17.3. The molecule has 1 aromatic carbocycles. The number of carbonyl (C=O) groups is 2. The van der Waals surface area contributed by atoms with E-state index in [0.29, 0.717) is 33.9 Å². The molecule has 144 valence electrons. The molecular formula is C19H27ClN2O3S. The van der Waals surface area contributed by atoms with Crippen molar-refractivity contribution in [3.05, 3.63) is 28.8 Å². The predicted molar refractivity (Wildman–Crippen MR) is 107 cm³/mol. The zero-order valence-electron chi connectivity index (χ0n) is 15.8. The molecule has 0 saturated carbocycles. The fourth-order valence-electron chi connectivity index (χ4n) is 2.85. The minimum absolute atomic E-state index is 0.0902. The maximum Gasteiger partial charge on any atom is 0.259 e. The highest BCUT2D eigenvalue weighted by atomic mass is 35.5. The van der Waals surface area contributed by atoms with E-state index in [2.05, 4.69) is 19.2 Å². The number of rotatable bonds is 7. The average Bonchev–Trinajstić information content (AvgIpc) is 3.09. The first-order valence-electron chi connectivity index (χ1n) is 8.86. The summed E-state index contributed by atoms with van der Waals surface area (Å²) < 4.78 is 5.28. The molecule has 0 bridgehead atoms. The lowest BCUT2D eigenvalue weighted by Crippen LogP contribution is -2.49. The van der Waals surface area contributed by atoms with Gasteiger partial charge in [0, 0.05) is 16.8 Å². The fraction of sp³-hybridized carbons (Fsp3) is 0.579. The van der Waals surface area contributed by atoms with Gasteiger partial charge in [0.05, 0.1) is 18.6 Å². The molecular weight excluding hydrogens is 372 g/mol. The Morgan fingerprint density at radius 2 is 2.08 bits per heavy atom. The Kier molecular flexibility index (Phi) is 7.65. The maximum atomic E-state index is 13.0. The third kappa shape index (κ3) is 5.30. The first kappa shape index (κ1) is 20.9. The lowest BCUT2D eigenvalue weighted by atomic mass is 10.0. The molecule has 2 rings (SSSR count). The van der Waals surface area contributed by atoms with Crippen molar-refractivity contribution in [3.63, 3.8) is 0 Å². The number of hydrogen-bond acceptors (Lipinski definition) is 4. The lowest BCUT2D eigenvalue weighted by Gasteiger charge is -2.25. The van der Waals surface area contributed by atoms with Gasteiger partial charge in [0.1, 0.15) is 11.8 Å². The minimum Gasteiger partial charge on any atom is -0.496 e. The Hall–Kier alpha value is -1.40. The van der Waals surface area contributed by atoms with E-state index in [1.807, 2.05) is 6.92 Å². The van der Waals surface area contributed by atoms with Crippen LogP contribution in [0.25, 0.3) is 0 Å². The Morgan fingerprint density at radius 1 is 1.35 bits per heavy atom. The van der Waals surface area contributed by atoms with Crippen molar-refractivity contribution in [1.29, 1.82) is 0 Å². The Morgan fingerprint density at radius 3 is 2.73 bits per heavy atom. The van der Waals surface area contributed by atoms with Gasteiger partial charge in [-0.3, -0.25) is 9.59 Å². The van der Waals surface area contributed by atoms with Crippen molar-refractivity contribution in [2.75, 3.05) is 18.7 Å². The highest BCUT2D eigenvalue weighted by Crippen LogP contribution is 2.29. The van der Waals surface area contributed by atoms with Crippen molar-refractivity contribution in [2.45, 2.75) is 45.7 Å². The number of ether oxygens (including phenoxy) is 1. The van der Waals surface area contributed by atoms with Crippen LogP contribution in [-0.4, -0.2) is 47.5 Å². The summed E-state index contributed by atoms with van der Waals surface area (Å²) >= 11 is 7.56. The molecule has 0 spiro atoms. The number of nitrogens with zero attached hydrogens (tertiary/aromatic N) is 1. The van der Waals surface area contributed by atoms with Crippen LogP contribution in [0.4, 0.5) is 0 Å². The molecule has 1 N–H and O–H groups in total. The molecule has 0 aromatic heterocycles. The summed E-state index contributed by atoms with van der Waals surface area (Å²) in [6.45, 7) is 6.35. The number of nitrogens with one attached hydrogen (secondary N) is 1. The molecule has 2 unspecified atom stereocenters. The number of carbonyl (C=O) groups excluding carboxylic acids is 2. The van der Waals surface area contributed by atoms with Crippen molar-refractivity contribution in [2.24, 2.45) is 5.92 Å². The maximum absolute atomic E-state index is 13.0. The van der Waals surface area contributed by atoms with E-state index in [1.165, 1.54) is 7.11 Å². The monoisotopic (exact) mass is 398 g/mol. The summed E-state index contributed by atoms with van der Waals surface area (Å²) in [5.41, 5.74) is 0.421. The number of methoxy groups -OCH3 is 1. The second-order valence-electron chi connectivity index (χ2n) is 7.02. The van der Waals surface area contributed by atoms with Crippen molar-refractivity contribution in [3.8, 4) is 5.75 Å². The largest absolute Gasteiger partial charge is 0.496 e. The molecule has 1 saturated heterocycles. The van der Waals surface area contributed by atoms with E-state index in [9.17, 15) is 9.59 Å². The summed E-state index contributed by atoms with van der Waals surface area (Å²) in [4.78, 5) is 27.3. The van der Waals surface area contributed by atoms with Crippen LogP contribution in [0.5, 0.6) is 5.75 Å². The Bertz CT molecular complexity index is 654. The van der Waals surface area contributed by atoms with Gasteiger partial charge in [-0.25, -0.2) is 0 Å². The van der Waals surface area contributed by atoms with Gasteiger partial charge in [0.2, 0.25) is 5.91 Å². The second kappa shape index (κ2) is 9.51. The van der Waals surface area contributed by atoms with Crippen LogP contribution in [0.2, 0.25) is 5.02 Å². The number of benzene rings is 1. The van der Waals surface area contributed by atoms with Gasteiger partial charge < -0.3 is 15.0 Å². The zero-order chi connectivity index (χ0) is 19.3. The highest BCUT2D eigenvalue weighted by Gasteiger charge is 2.36. The van der Waals surface area contributed by atoms with E-state index in [4.69, 9.17) is 16.3 Å². The van der Waals surface area contributed by atoms with Gasteiger partial charge in [0.15, 0.2) is 0 Å². The average molecular weight is 399 g/mol. The molecule has 2 amide bonds. The van der Waals surface area contributed by atoms with Crippen LogP contribution in [0.3, 0.4) is 0 Å². The van der Waals surface area contributed by atoms with Crippen molar-refractivity contribution < 1.29 is 14.3 Å². The van der Waals surface area contributed by atoms with Crippen molar-refractivity contribution in [1.82, 2.24) is 10.2 Å². The Balaban J connectivity index is 2.07. The van der Waals surface area contributed by atoms with Crippen molar-refractivity contribution >= 4 is 35.2 Å². The number of thioether (sulfide) groups is 1. The van der Waals surface area contributed by atoms with Gasteiger partial charge in [0.25, 0.3) is 5.91 Å². The first-order valence-corrected chi connectivity index (χ1v) is 10.4. The van der Waals surface area contributed by atoms with Crippen LogP contribution < -0.4 is 10.1 Å². The van der Waals surface area contributed by atoms with Crippen LogP contribution >= 0.6 is 23.4 Å². The molecule has 0 aliphatic carbocycles. The van der Waals surface area contributed by atoms with Gasteiger partial charge in [-0.05, 0) is 43.9 Å². The molecule has 0 radical (unpaired) electrons. The number of halogens is 1. The summed E-state index contributed by atoms with van der Waals surface area (Å²) in [5, 5.41) is 3.55. The van der Waals surface area contributed by atoms with Crippen LogP contribution in [0.1, 0.15) is 44.0 Å². The van der Waals surface area contributed by atoms with Gasteiger partial charge in [-0.15, -0.1) is 11.8 Å². The quantitative estimate of drug-likeness (QED) is 0.758. The van der Waals surface area contributed by atoms with Gasteiger partial charge in [-0.2, -0.15) is 0 Å². The van der Waals surface area contributed by atoms with Gasteiger partial charge in [-0.1, -0.05) is 25.4 Å². The van der Waals surface area contributed by atoms with Gasteiger partial charge >= 0.3 is 0 Å². The van der Waals surface area contributed by atoms with E-state index in [0.717, 1.165) is 12.8 Å². The Labute approximate surface area is 164 Å². The minimum atomic E-state index is -0.464. The van der Waals surface area contributed by atoms with Crippen LogP contribution in [0.15, 0.2) is 18.2 Å². The van der Waals surface area contributed by atoms with E-state index >= 15 is 0 Å². The summed E-state index contributed by atoms with van der Waals surface area (Å²) in [7, 11) is 1.50. The third-order valence-electron chi connectivity index (χ3n) is 4.41. The third-order valence-corrected chi connectivity index (χ3v) is 5.65. The molecule has 1 fully saturated rings. The standard InChI is InChI=1S/C19H27ClN2O3S/c1-12(2)5-6-13(3)21-18(23)16-10-26-11-22(16)19(24)15-8-7-14(20)9-17(15)25-4/h7-9,12-13,16H,5-6,10-11H2,1-4H3,(H,21,23). The van der Waals surface area contributed by atoms with E-state index in [1.54, 1.807) is 34.9 Å². The molecule has 7 heteroatoms. The molecule has 2 atom stereocenters. The second-order valence-corrected chi connectivity index (χ2v) is 8.45. The molecule has 1 aromatic rings. The van der Waals surface area contributed by atoms with Crippen LogP contribution in [-0.2, 0) is 4.79 Å². The molecule has 1 aliphatic rings. The van der Waals surface area contributed by atoms with Crippen LogP contribution in [0, 0.1) is 5.92 Å². The fourth-order valence-corrected chi connectivity index (χ4v) is 4.17.